The Kier molecular flexibility index (Phi) is 4.02. The molecule has 0 amide bonds. The van der Waals surface area contributed by atoms with E-state index in [9.17, 15) is 0 Å². The van der Waals surface area contributed by atoms with Crippen LogP contribution < -0.4 is 5.73 Å². The van der Waals surface area contributed by atoms with Crippen LogP contribution in [0, 0.1) is 0 Å². The molecule has 0 spiro atoms. The fourth-order valence-electron chi connectivity index (χ4n) is 1.82. The van der Waals surface area contributed by atoms with Gasteiger partial charge in [0.1, 0.15) is 0 Å². The van der Waals surface area contributed by atoms with E-state index in [1.807, 2.05) is 11.8 Å². The number of thioether (sulfide) groups is 1. The van der Waals surface area contributed by atoms with Crippen molar-refractivity contribution in [3.8, 4) is 0 Å². The Bertz CT molecular complexity index is 297. The number of hydrogen-bond donors (Lipinski definition) is 1. The number of aromatic nitrogens is 2. The first kappa shape index (κ1) is 11.0. The molecule has 2 rings (SSSR count). The molecule has 15 heavy (non-hydrogen) atoms. The first-order chi connectivity index (χ1) is 7.38. The van der Waals surface area contributed by atoms with E-state index in [1.54, 1.807) is 0 Å². The van der Waals surface area contributed by atoms with Crippen molar-refractivity contribution in [2.75, 3.05) is 6.54 Å². The van der Waals surface area contributed by atoms with Gasteiger partial charge in [0.15, 0.2) is 5.82 Å². The summed E-state index contributed by atoms with van der Waals surface area (Å²) < 4.78 is 5.07. The zero-order valence-electron chi connectivity index (χ0n) is 8.82. The highest BCUT2D eigenvalue weighted by atomic mass is 32.2. The highest BCUT2D eigenvalue weighted by Crippen LogP contribution is 2.30. The molecular weight excluding hydrogens is 210 g/mol. The van der Waals surface area contributed by atoms with Crippen molar-refractivity contribution in [3.63, 3.8) is 0 Å². The lowest BCUT2D eigenvalue weighted by Crippen LogP contribution is -2.02. The minimum atomic E-state index is 0.567. The van der Waals surface area contributed by atoms with Crippen LogP contribution >= 0.6 is 11.8 Å². The highest BCUT2D eigenvalue weighted by molar-refractivity contribution is 7.99. The molecule has 84 valence electrons. The van der Waals surface area contributed by atoms with E-state index in [4.69, 9.17) is 10.3 Å². The Morgan fingerprint density at radius 2 is 2.20 bits per heavy atom. The maximum atomic E-state index is 5.41. The van der Waals surface area contributed by atoms with Gasteiger partial charge < -0.3 is 10.3 Å². The molecule has 1 aliphatic carbocycles. The average Bonchev–Trinajstić information content (AvgIpc) is 2.85. The smallest absolute Gasteiger partial charge is 0.227 e. The summed E-state index contributed by atoms with van der Waals surface area (Å²) >= 11 is 1.95. The Morgan fingerprint density at radius 3 is 2.93 bits per heavy atom. The molecule has 1 heterocycles. The second kappa shape index (κ2) is 5.51. The maximum Gasteiger partial charge on any atom is 0.227 e. The molecule has 0 radical (unpaired) electrons. The molecule has 0 unspecified atom stereocenters. The first-order valence-corrected chi connectivity index (χ1v) is 6.56. The second-order valence-electron chi connectivity index (χ2n) is 3.86. The maximum absolute atomic E-state index is 5.41. The Labute approximate surface area is 94.0 Å². The molecule has 5 heteroatoms. The van der Waals surface area contributed by atoms with Crippen LogP contribution in [-0.2, 0) is 12.2 Å². The zero-order valence-corrected chi connectivity index (χ0v) is 9.63. The predicted molar refractivity (Wildman–Crippen MR) is 60.6 cm³/mol. The number of nitrogens with zero attached hydrogens (tertiary/aromatic N) is 2. The molecule has 1 saturated carbocycles. The highest BCUT2D eigenvalue weighted by Gasteiger charge is 2.16. The third kappa shape index (κ3) is 3.21. The molecule has 4 nitrogen and oxygen atoms in total. The molecular formula is C10H17N3OS. The lowest BCUT2D eigenvalue weighted by atomic mass is 10.4. The van der Waals surface area contributed by atoms with Gasteiger partial charge in [-0.2, -0.15) is 16.7 Å². The minimum Gasteiger partial charge on any atom is -0.339 e. The van der Waals surface area contributed by atoms with Crippen LogP contribution in [0.4, 0.5) is 0 Å². The quantitative estimate of drug-likeness (QED) is 0.830. The third-order valence-electron chi connectivity index (χ3n) is 2.62. The molecule has 1 aromatic heterocycles. The van der Waals surface area contributed by atoms with Crippen LogP contribution in [0.25, 0.3) is 0 Å². The molecule has 0 bridgehead atoms. The van der Waals surface area contributed by atoms with Crippen LogP contribution in [0.1, 0.15) is 37.4 Å². The van der Waals surface area contributed by atoms with Gasteiger partial charge in [0, 0.05) is 18.2 Å². The van der Waals surface area contributed by atoms with Gasteiger partial charge in [-0.05, 0) is 12.8 Å². The number of rotatable bonds is 5. The van der Waals surface area contributed by atoms with Crippen molar-refractivity contribution in [1.29, 1.82) is 0 Å². The van der Waals surface area contributed by atoms with E-state index in [0.29, 0.717) is 18.9 Å². The van der Waals surface area contributed by atoms with Crippen LogP contribution in [0.2, 0.25) is 0 Å². The molecule has 0 aliphatic heterocycles. The van der Waals surface area contributed by atoms with Crippen LogP contribution in [-0.4, -0.2) is 21.9 Å². The fourth-order valence-corrected chi connectivity index (χ4v) is 2.99. The number of nitrogens with two attached hydrogens (primary N) is 1. The van der Waals surface area contributed by atoms with Gasteiger partial charge in [-0.1, -0.05) is 18.0 Å². The summed E-state index contributed by atoms with van der Waals surface area (Å²) in [6.45, 7) is 0.567. The summed E-state index contributed by atoms with van der Waals surface area (Å²) in [5.41, 5.74) is 5.41. The first-order valence-electron chi connectivity index (χ1n) is 5.51. The van der Waals surface area contributed by atoms with Crippen molar-refractivity contribution in [2.24, 2.45) is 5.73 Å². The van der Waals surface area contributed by atoms with Crippen molar-refractivity contribution in [3.05, 3.63) is 11.7 Å². The monoisotopic (exact) mass is 227 g/mol. The second-order valence-corrected chi connectivity index (χ2v) is 5.15. The summed E-state index contributed by atoms with van der Waals surface area (Å²) in [7, 11) is 0. The summed E-state index contributed by atoms with van der Waals surface area (Å²) in [5, 5.41) is 4.74. The van der Waals surface area contributed by atoms with E-state index in [1.165, 1.54) is 25.7 Å². The molecule has 1 aromatic rings. The van der Waals surface area contributed by atoms with E-state index >= 15 is 0 Å². The van der Waals surface area contributed by atoms with Crippen molar-refractivity contribution in [2.45, 2.75) is 43.1 Å². The standard InChI is InChI=1S/C10H17N3OS/c11-6-5-10-12-9(13-14-10)7-15-8-3-1-2-4-8/h8H,1-7,11H2. The van der Waals surface area contributed by atoms with E-state index in [2.05, 4.69) is 10.1 Å². The van der Waals surface area contributed by atoms with Crippen LogP contribution in [0.5, 0.6) is 0 Å². The van der Waals surface area contributed by atoms with Gasteiger partial charge in [0.2, 0.25) is 5.89 Å². The van der Waals surface area contributed by atoms with Gasteiger partial charge in [0.25, 0.3) is 0 Å². The molecule has 0 saturated heterocycles. The molecule has 2 N–H and O–H groups in total. The van der Waals surface area contributed by atoms with Crippen LogP contribution in [0.3, 0.4) is 0 Å². The Hall–Kier alpha value is -0.550. The summed E-state index contributed by atoms with van der Waals surface area (Å²) in [4.78, 5) is 4.28. The SMILES string of the molecule is NCCc1nc(CSC2CCCC2)no1. The van der Waals surface area contributed by atoms with Gasteiger partial charge >= 0.3 is 0 Å². The van der Waals surface area contributed by atoms with Crippen molar-refractivity contribution < 1.29 is 4.52 Å². The topological polar surface area (TPSA) is 64.9 Å². The lowest BCUT2D eigenvalue weighted by Gasteiger charge is -2.04. The minimum absolute atomic E-state index is 0.567. The third-order valence-corrected chi connectivity index (χ3v) is 3.99. The fraction of sp³-hybridized carbons (Fsp3) is 0.800. The summed E-state index contributed by atoms with van der Waals surface area (Å²) in [6.07, 6.45) is 6.13. The van der Waals surface area contributed by atoms with E-state index in [0.717, 1.165) is 16.8 Å². The van der Waals surface area contributed by atoms with Crippen LogP contribution in [0.15, 0.2) is 4.52 Å². The summed E-state index contributed by atoms with van der Waals surface area (Å²) in [6, 6.07) is 0. The van der Waals surface area contributed by atoms with E-state index in [-0.39, 0.29) is 0 Å². The van der Waals surface area contributed by atoms with E-state index < -0.39 is 0 Å². The lowest BCUT2D eigenvalue weighted by molar-refractivity contribution is 0.376. The van der Waals surface area contributed by atoms with Crippen molar-refractivity contribution in [1.82, 2.24) is 10.1 Å². The zero-order chi connectivity index (χ0) is 10.5. The average molecular weight is 227 g/mol. The molecule has 0 atom stereocenters. The molecule has 1 fully saturated rings. The molecule has 1 aliphatic rings. The van der Waals surface area contributed by atoms with Gasteiger partial charge in [-0.25, -0.2) is 0 Å². The van der Waals surface area contributed by atoms with Gasteiger partial charge in [0.05, 0.1) is 5.75 Å². The Balaban J connectivity index is 1.77. The summed E-state index contributed by atoms with van der Waals surface area (Å²) in [5.74, 6) is 2.36. The Morgan fingerprint density at radius 1 is 1.40 bits per heavy atom. The predicted octanol–water partition coefficient (Wildman–Crippen LogP) is 1.75. The molecule has 0 aromatic carbocycles. The normalized spacial score (nSPS) is 17.4. The van der Waals surface area contributed by atoms with Gasteiger partial charge in [-0.3, -0.25) is 0 Å². The largest absolute Gasteiger partial charge is 0.339 e. The number of hydrogen-bond acceptors (Lipinski definition) is 5. The van der Waals surface area contributed by atoms with Crippen molar-refractivity contribution >= 4 is 11.8 Å². The van der Waals surface area contributed by atoms with Gasteiger partial charge in [-0.15, -0.1) is 0 Å².